The van der Waals surface area contributed by atoms with Crippen LogP contribution in [0.25, 0.3) is 5.69 Å². The van der Waals surface area contributed by atoms with Crippen molar-refractivity contribution >= 4 is 29.0 Å². The number of amidine groups is 1. The first-order valence-electron chi connectivity index (χ1n) is 8.74. The minimum Gasteiger partial charge on any atom is -0.436 e. The molecule has 0 atom stereocenters. The highest BCUT2D eigenvalue weighted by Crippen LogP contribution is 2.36. The largest absolute Gasteiger partial charge is 0.436 e. The van der Waals surface area contributed by atoms with Gasteiger partial charge in [0.2, 0.25) is 11.6 Å². The third kappa shape index (κ3) is 4.40. The number of halogens is 2. The van der Waals surface area contributed by atoms with Crippen LogP contribution in [0.5, 0.6) is 5.75 Å². The number of H-pyrrole nitrogens is 1. The van der Waals surface area contributed by atoms with Gasteiger partial charge < -0.3 is 16.2 Å². The van der Waals surface area contributed by atoms with Crippen LogP contribution in [-0.2, 0) is 0 Å². The predicted octanol–water partition coefficient (Wildman–Crippen LogP) is 1.06. The number of hydrogen-bond acceptors (Lipinski definition) is 9. The van der Waals surface area contributed by atoms with E-state index in [2.05, 4.69) is 15.6 Å². The van der Waals surface area contributed by atoms with E-state index >= 15 is 0 Å². The molecule has 1 aromatic carbocycles. The van der Waals surface area contributed by atoms with E-state index in [0.29, 0.717) is 11.3 Å². The number of nitrogens with two attached hydrogens (primary N) is 2. The fourth-order valence-electron chi connectivity index (χ4n) is 2.53. The third-order valence-electron chi connectivity index (χ3n) is 4.14. The second-order valence-corrected chi connectivity index (χ2v) is 7.43. The van der Waals surface area contributed by atoms with Crippen molar-refractivity contribution in [2.75, 3.05) is 0 Å². The van der Waals surface area contributed by atoms with E-state index < -0.39 is 16.9 Å². The summed E-state index contributed by atoms with van der Waals surface area (Å²) in [6, 6.07) is 4.25. The number of nitrogens with one attached hydrogen (secondary N) is 2. The zero-order chi connectivity index (χ0) is 22.9. The molecule has 0 radical (unpaired) electrons. The summed E-state index contributed by atoms with van der Waals surface area (Å²) in [5, 5.41) is 16.7. The number of rotatable bonds is 4. The van der Waals surface area contributed by atoms with Crippen LogP contribution in [0.2, 0.25) is 10.0 Å². The predicted molar refractivity (Wildman–Crippen MR) is 115 cm³/mol. The fourth-order valence-corrected chi connectivity index (χ4v) is 3.08. The molecular weight excluding hydrogens is 447 g/mol. The highest BCUT2D eigenvalue weighted by molar-refractivity contribution is 6.37. The standard InChI is InChI=1S/C18H16Cl2N8O3/c1-7(2)14(22)9-5-13(25-26-16(9)23)31-15-10(19)3-8(4-11(15)20)28-18(30)24-17(29)12(6-21)27-28/h3-5,7,25H,22H2,1-2H3,(H2,23,26)(H,24,29,30)/b14-9-. The Bertz CT molecular complexity index is 1290. The molecule has 3 rings (SSSR count). The summed E-state index contributed by atoms with van der Waals surface area (Å²) in [7, 11) is 0. The van der Waals surface area contributed by atoms with Gasteiger partial charge >= 0.3 is 5.69 Å². The maximum absolute atomic E-state index is 12.1. The van der Waals surface area contributed by atoms with Gasteiger partial charge in [0.05, 0.1) is 15.7 Å². The second kappa shape index (κ2) is 8.55. The quantitative estimate of drug-likeness (QED) is 0.520. The van der Waals surface area contributed by atoms with E-state index in [4.69, 9.17) is 44.7 Å². The van der Waals surface area contributed by atoms with Gasteiger partial charge in [-0.1, -0.05) is 37.0 Å². The lowest BCUT2D eigenvalue weighted by molar-refractivity contribution is 0.382. The smallest absolute Gasteiger partial charge is 0.349 e. The van der Waals surface area contributed by atoms with E-state index in [1.165, 1.54) is 12.1 Å². The summed E-state index contributed by atoms with van der Waals surface area (Å²) in [6.45, 7) is 3.81. The Hall–Kier alpha value is -3.75. The minimum absolute atomic E-state index is 0.0206. The SMILES string of the molecule is CC(C)/C(N)=C1\C=C(Oc2c(Cl)cc(-n3nc(C#N)c(=O)[nH]c3=O)cc2Cl)NN=C1N. The molecule has 0 saturated heterocycles. The highest BCUT2D eigenvalue weighted by atomic mass is 35.5. The summed E-state index contributed by atoms with van der Waals surface area (Å²) in [5.41, 5.74) is 13.4. The number of hydrazone groups is 1. The second-order valence-electron chi connectivity index (χ2n) is 6.61. The minimum atomic E-state index is -0.902. The number of aromatic nitrogens is 3. The molecule has 0 bridgehead atoms. The molecule has 0 spiro atoms. The molecule has 11 nitrogen and oxygen atoms in total. The Morgan fingerprint density at radius 2 is 1.94 bits per heavy atom. The molecule has 1 aliphatic rings. The van der Waals surface area contributed by atoms with Gasteiger partial charge in [-0.25, -0.2) is 10.2 Å². The highest BCUT2D eigenvalue weighted by Gasteiger charge is 2.19. The molecule has 0 unspecified atom stereocenters. The van der Waals surface area contributed by atoms with Crippen LogP contribution < -0.4 is 32.9 Å². The fraction of sp³-hybridized carbons (Fsp3) is 0.167. The van der Waals surface area contributed by atoms with Crippen LogP contribution in [0, 0.1) is 17.2 Å². The number of nitrogens with zero attached hydrogens (tertiary/aromatic N) is 4. The number of hydrogen-bond donors (Lipinski definition) is 4. The Morgan fingerprint density at radius 3 is 2.52 bits per heavy atom. The van der Waals surface area contributed by atoms with Gasteiger partial charge in [-0.05, 0) is 18.1 Å². The van der Waals surface area contributed by atoms with Crippen LogP contribution >= 0.6 is 23.2 Å². The van der Waals surface area contributed by atoms with Crippen LogP contribution in [0.1, 0.15) is 19.5 Å². The van der Waals surface area contributed by atoms with E-state index in [1.54, 1.807) is 12.1 Å². The van der Waals surface area contributed by atoms with Crippen molar-refractivity contribution in [3.63, 3.8) is 0 Å². The van der Waals surface area contributed by atoms with E-state index in [9.17, 15) is 9.59 Å². The van der Waals surface area contributed by atoms with Crippen molar-refractivity contribution < 1.29 is 4.74 Å². The first-order valence-corrected chi connectivity index (χ1v) is 9.49. The van der Waals surface area contributed by atoms with Crippen LogP contribution in [0.3, 0.4) is 0 Å². The van der Waals surface area contributed by atoms with Crippen molar-refractivity contribution in [2.45, 2.75) is 13.8 Å². The zero-order valence-electron chi connectivity index (χ0n) is 16.2. The lowest BCUT2D eigenvalue weighted by Gasteiger charge is -2.19. The lowest BCUT2D eigenvalue weighted by atomic mass is 10.0. The molecule has 1 aliphatic heterocycles. The van der Waals surface area contributed by atoms with Gasteiger partial charge in [-0.15, -0.1) is 5.10 Å². The first-order chi connectivity index (χ1) is 14.6. The van der Waals surface area contributed by atoms with Crippen molar-refractivity contribution in [3.8, 4) is 17.5 Å². The Labute approximate surface area is 185 Å². The van der Waals surface area contributed by atoms with E-state index in [-0.39, 0.29) is 39.1 Å². The molecule has 0 aliphatic carbocycles. The monoisotopic (exact) mass is 462 g/mol. The topological polar surface area (TPSA) is 177 Å². The number of allylic oxidation sites excluding steroid dienone is 1. The summed E-state index contributed by atoms with van der Waals surface area (Å²) >= 11 is 12.6. The summed E-state index contributed by atoms with van der Waals surface area (Å²) < 4.78 is 6.51. The molecule has 31 heavy (non-hydrogen) atoms. The van der Waals surface area contributed by atoms with Crippen molar-refractivity contribution in [3.05, 3.63) is 71.9 Å². The Morgan fingerprint density at radius 1 is 1.29 bits per heavy atom. The summed E-state index contributed by atoms with van der Waals surface area (Å²) in [5.74, 6) is 0.438. The van der Waals surface area contributed by atoms with Gasteiger partial charge in [0.15, 0.2) is 11.6 Å². The lowest BCUT2D eigenvalue weighted by Crippen LogP contribution is -2.33. The van der Waals surface area contributed by atoms with Gasteiger partial charge in [0.1, 0.15) is 6.07 Å². The molecule has 160 valence electrons. The van der Waals surface area contributed by atoms with Crippen molar-refractivity contribution in [1.29, 1.82) is 5.26 Å². The van der Waals surface area contributed by atoms with Gasteiger partial charge in [-0.2, -0.15) is 15.0 Å². The molecule has 2 heterocycles. The normalized spacial score (nSPS) is 15.0. The molecule has 1 aromatic heterocycles. The van der Waals surface area contributed by atoms with E-state index in [0.717, 1.165) is 4.68 Å². The Balaban J connectivity index is 2.01. The van der Waals surface area contributed by atoms with Crippen molar-refractivity contribution in [2.24, 2.45) is 22.5 Å². The maximum atomic E-state index is 12.1. The molecule has 0 fully saturated rings. The molecule has 0 saturated carbocycles. The summed E-state index contributed by atoms with van der Waals surface area (Å²) in [4.78, 5) is 25.6. The van der Waals surface area contributed by atoms with Crippen molar-refractivity contribution in [1.82, 2.24) is 20.2 Å². The van der Waals surface area contributed by atoms with Crippen LogP contribution in [-0.4, -0.2) is 20.6 Å². The molecule has 6 N–H and O–H groups in total. The number of benzene rings is 1. The molecule has 13 heteroatoms. The van der Waals surface area contributed by atoms with Gasteiger partial charge in [0.25, 0.3) is 5.56 Å². The third-order valence-corrected chi connectivity index (χ3v) is 4.71. The number of ether oxygens (including phenoxy) is 1. The van der Waals surface area contributed by atoms with E-state index in [1.807, 2.05) is 18.8 Å². The van der Waals surface area contributed by atoms with Crippen LogP contribution in [0.4, 0.5) is 0 Å². The maximum Gasteiger partial charge on any atom is 0.349 e. The molecule has 2 aromatic rings. The molecular formula is C18H16Cl2N8O3. The van der Waals surface area contributed by atoms with Gasteiger partial charge in [0, 0.05) is 17.3 Å². The Kier molecular flexibility index (Phi) is 6.05. The number of nitriles is 1. The number of aromatic amines is 1. The summed E-state index contributed by atoms with van der Waals surface area (Å²) in [6.07, 6.45) is 1.56. The average molecular weight is 463 g/mol. The van der Waals surface area contributed by atoms with Gasteiger partial charge in [-0.3, -0.25) is 9.78 Å². The molecule has 0 amide bonds. The first kappa shape index (κ1) is 21.9. The average Bonchev–Trinajstić information content (AvgIpc) is 2.71. The van der Waals surface area contributed by atoms with Crippen LogP contribution in [0.15, 0.2) is 50.1 Å². The zero-order valence-corrected chi connectivity index (χ0v) is 17.7.